The van der Waals surface area contributed by atoms with Crippen LogP contribution in [-0.2, 0) is 27.4 Å². The van der Waals surface area contributed by atoms with Crippen molar-refractivity contribution in [1.82, 2.24) is 10.6 Å². The van der Waals surface area contributed by atoms with E-state index in [0.717, 1.165) is 0 Å². The van der Waals surface area contributed by atoms with Crippen LogP contribution in [0.5, 0.6) is 5.75 Å². The molecule has 0 radical (unpaired) electrons. The molecule has 210 valence electrons. The van der Waals surface area contributed by atoms with Crippen LogP contribution in [0.3, 0.4) is 0 Å². The minimum atomic E-state index is -0.969. The number of nitrogens with zero attached hydrogens (tertiary/aromatic N) is 1. The lowest BCUT2D eigenvalue weighted by Gasteiger charge is -2.22. The van der Waals surface area contributed by atoms with Crippen molar-refractivity contribution >= 4 is 29.6 Å². The van der Waals surface area contributed by atoms with E-state index in [9.17, 15) is 29.3 Å². The smallest absolute Gasteiger partial charge is 0.429 e. The molecule has 12 heteroatoms. The third-order valence-corrected chi connectivity index (χ3v) is 6.09. The van der Waals surface area contributed by atoms with Gasteiger partial charge >= 0.3 is 12.2 Å². The Balaban J connectivity index is 1.91. The first-order chi connectivity index (χ1) is 18.5. The van der Waals surface area contributed by atoms with Crippen LogP contribution in [0.15, 0.2) is 48.5 Å². The number of amides is 3. The van der Waals surface area contributed by atoms with E-state index in [4.69, 9.17) is 15.2 Å². The van der Waals surface area contributed by atoms with Gasteiger partial charge in [-0.2, -0.15) is 0 Å². The van der Waals surface area contributed by atoms with Crippen molar-refractivity contribution in [3.8, 4) is 5.75 Å². The van der Waals surface area contributed by atoms with Gasteiger partial charge in [0.1, 0.15) is 12.4 Å². The molecule has 0 bridgehead atoms. The normalized spacial score (nSPS) is 12.2. The van der Waals surface area contributed by atoms with Gasteiger partial charge in [0.05, 0.1) is 11.0 Å². The summed E-state index contributed by atoms with van der Waals surface area (Å²) in [5, 5.41) is 16.0. The Labute approximate surface area is 226 Å². The number of urea groups is 1. The number of ether oxygens (including phenoxy) is 2. The van der Waals surface area contributed by atoms with Crippen molar-refractivity contribution in [1.29, 1.82) is 0 Å². The van der Waals surface area contributed by atoms with Gasteiger partial charge in [0.15, 0.2) is 5.78 Å². The van der Waals surface area contributed by atoms with Gasteiger partial charge in [0, 0.05) is 31.0 Å². The molecule has 0 saturated heterocycles. The number of primary amides is 1. The maximum atomic E-state index is 13.1. The zero-order chi connectivity index (χ0) is 28.9. The lowest BCUT2D eigenvalue weighted by atomic mass is 9.95. The van der Waals surface area contributed by atoms with E-state index in [1.165, 1.54) is 24.3 Å². The monoisotopic (exact) mass is 542 g/mol. The molecule has 2 aromatic carbocycles. The van der Waals surface area contributed by atoms with Crippen LogP contribution in [0, 0.1) is 22.0 Å². The Morgan fingerprint density at radius 3 is 2.15 bits per heavy atom. The van der Waals surface area contributed by atoms with Crippen LogP contribution in [0.2, 0.25) is 0 Å². The topological polar surface area (TPSA) is 180 Å². The molecule has 2 rings (SSSR count). The number of benzene rings is 2. The van der Waals surface area contributed by atoms with E-state index >= 15 is 0 Å². The molecule has 0 spiro atoms. The maximum absolute atomic E-state index is 13.1. The number of hydrogen-bond acceptors (Lipinski definition) is 8. The minimum absolute atomic E-state index is 0.0770. The number of nitrogens with two attached hydrogens (primary N) is 1. The molecule has 0 fully saturated rings. The van der Waals surface area contributed by atoms with Crippen molar-refractivity contribution < 1.29 is 33.6 Å². The number of carbonyl (C=O) groups excluding carboxylic acids is 4. The molecular formula is C27H34N4O8. The third kappa shape index (κ3) is 10.8. The van der Waals surface area contributed by atoms with Gasteiger partial charge < -0.3 is 25.8 Å². The molecule has 0 aliphatic rings. The van der Waals surface area contributed by atoms with E-state index in [-0.39, 0.29) is 54.5 Å². The fourth-order valence-corrected chi connectivity index (χ4v) is 3.42. The maximum Gasteiger partial charge on any atom is 0.514 e. The highest BCUT2D eigenvalue weighted by Crippen LogP contribution is 2.18. The Morgan fingerprint density at radius 2 is 1.59 bits per heavy atom. The van der Waals surface area contributed by atoms with Gasteiger partial charge in [-0.3, -0.25) is 19.7 Å². The molecule has 4 N–H and O–H groups in total. The average molecular weight is 543 g/mol. The van der Waals surface area contributed by atoms with Crippen LogP contribution >= 0.6 is 0 Å². The van der Waals surface area contributed by atoms with Crippen LogP contribution in [0.4, 0.5) is 15.3 Å². The highest BCUT2D eigenvalue weighted by atomic mass is 16.7. The second-order valence-corrected chi connectivity index (χ2v) is 9.38. The Kier molecular flexibility index (Phi) is 11.9. The predicted octanol–water partition coefficient (Wildman–Crippen LogP) is 3.65. The van der Waals surface area contributed by atoms with E-state index in [2.05, 4.69) is 10.6 Å². The average Bonchev–Trinajstić information content (AvgIpc) is 2.89. The van der Waals surface area contributed by atoms with E-state index in [1.54, 1.807) is 31.2 Å². The summed E-state index contributed by atoms with van der Waals surface area (Å²) >= 11 is 0. The van der Waals surface area contributed by atoms with Crippen LogP contribution in [0.1, 0.15) is 44.7 Å². The number of nitrogens with one attached hydrogen (secondary N) is 2. The Hall–Kier alpha value is -4.48. The molecule has 0 saturated carbocycles. The van der Waals surface area contributed by atoms with Crippen molar-refractivity contribution in [2.45, 2.75) is 52.7 Å². The van der Waals surface area contributed by atoms with Crippen molar-refractivity contribution in [3.05, 3.63) is 69.8 Å². The summed E-state index contributed by atoms with van der Waals surface area (Å²) in [6.45, 7) is 5.87. The number of hydrogen-bond donors (Lipinski definition) is 3. The largest absolute Gasteiger partial charge is 0.514 e. The van der Waals surface area contributed by atoms with Gasteiger partial charge in [-0.25, -0.2) is 9.59 Å². The molecule has 2 atom stereocenters. The summed E-state index contributed by atoms with van der Waals surface area (Å²) in [6, 6.07) is 10.5. The van der Waals surface area contributed by atoms with Crippen molar-refractivity contribution in [2.75, 3.05) is 6.54 Å². The Morgan fingerprint density at radius 1 is 0.974 bits per heavy atom. The quantitative estimate of drug-likeness (QED) is 0.106. The summed E-state index contributed by atoms with van der Waals surface area (Å²) in [5.74, 6) is -0.434. The first-order valence-electron chi connectivity index (χ1n) is 12.5. The molecule has 0 aromatic heterocycles. The molecule has 0 aliphatic heterocycles. The lowest BCUT2D eigenvalue weighted by molar-refractivity contribution is -0.384. The van der Waals surface area contributed by atoms with Gasteiger partial charge in [-0.05, 0) is 42.0 Å². The first-order valence-corrected chi connectivity index (χ1v) is 12.5. The second-order valence-electron chi connectivity index (χ2n) is 9.38. The summed E-state index contributed by atoms with van der Waals surface area (Å²) < 4.78 is 10.1. The highest BCUT2D eigenvalue weighted by molar-refractivity contribution is 5.91. The van der Waals surface area contributed by atoms with Gasteiger partial charge in [0.25, 0.3) is 5.69 Å². The number of Topliss-reactive ketones (excluding diaryl/α,β-unsaturated/α-hetero) is 1. The molecule has 0 heterocycles. The lowest BCUT2D eigenvalue weighted by Crippen LogP contribution is -2.45. The molecule has 0 unspecified atom stereocenters. The van der Waals surface area contributed by atoms with E-state index < -0.39 is 23.2 Å². The zero-order valence-electron chi connectivity index (χ0n) is 22.2. The summed E-state index contributed by atoms with van der Waals surface area (Å²) in [4.78, 5) is 58.6. The highest BCUT2D eigenvalue weighted by Gasteiger charge is 2.24. The van der Waals surface area contributed by atoms with Crippen molar-refractivity contribution in [2.24, 2.45) is 17.6 Å². The Bertz CT molecular complexity index is 1150. The van der Waals surface area contributed by atoms with Crippen LogP contribution in [0.25, 0.3) is 0 Å². The SMILES string of the molecule is CC(C)[C@H](C)C(=O)N[C@@H](CCCNC(N)=O)C(=O)Cc1ccc(COC(=O)Oc2ccc([N+](=O)[O-])cc2)cc1. The summed E-state index contributed by atoms with van der Waals surface area (Å²) in [7, 11) is 0. The number of nitro groups is 1. The van der Waals surface area contributed by atoms with Crippen LogP contribution < -0.4 is 21.1 Å². The fourth-order valence-electron chi connectivity index (χ4n) is 3.42. The molecule has 39 heavy (non-hydrogen) atoms. The number of non-ortho nitro benzene ring substituents is 1. The molecule has 2 aromatic rings. The van der Waals surface area contributed by atoms with E-state index in [1.807, 2.05) is 13.8 Å². The van der Waals surface area contributed by atoms with Gasteiger partial charge in [-0.1, -0.05) is 45.0 Å². The second kappa shape index (κ2) is 15.1. The third-order valence-electron chi connectivity index (χ3n) is 6.09. The number of nitro benzene ring substituents is 1. The molecule has 3 amide bonds. The van der Waals surface area contributed by atoms with Gasteiger partial charge in [0.2, 0.25) is 5.91 Å². The molecular weight excluding hydrogens is 508 g/mol. The minimum Gasteiger partial charge on any atom is -0.429 e. The summed E-state index contributed by atoms with van der Waals surface area (Å²) in [5.41, 5.74) is 6.32. The molecule has 12 nitrogen and oxygen atoms in total. The predicted molar refractivity (Wildman–Crippen MR) is 142 cm³/mol. The summed E-state index contributed by atoms with van der Waals surface area (Å²) in [6.07, 6.45) is -0.0864. The van der Waals surface area contributed by atoms with Crippen LogP contribution in [-0.4, -0.2) is 41.4 Å². The van der Waals surface area contributed by atoms with E-state index in [0.29, 0.717) is 24.0 Å². The first kappa shape index (κ1) is 30.7. The van der Waals surface area contributed by atoms with Crippen molar-refractivity contribution in [3.63, 3.8) is 0 Å². The standard InChI is InChI=1S/C27H34N4O8/c1-17(2)18(3)25(33)30-23(5-4-14-29-26(28)34)24(32)15-19-6-8-20(9-7-19)16-38-27(35)39-22-12-10-21(11-13-22)31(36)37/h6-13,17-18,23H,4-5,14-16H2,1-3H3,(H,30,33)(H3,28,29,34)/t18-,23-/m0/s1. The zero-order valence-corrected chi connectivity index (χ0v) is 22.2. The molecule has 0 aliphatic carbocycles. The number of ketones is 1. The van der Waals surface area contributed by atoms with Gasteiger partial charge in [-0.15, -0.1) is 0 Å². The fraction of sp³-hybridized carbons (Fsp3) is 0.407. The number of rotatable bonds is 14. The number of carbonyl (C=O) groups is 4.